The summed E-state index contributed by atoms with van der Waals surface area (Å²) in [5.74, 6) is -0.0590. The van der Waals surface area contributed by atoms with Gasteiger partial charge in [0.1, 0.15) is 0 Å². The molecule has 0 radical (unpaired) electrons. The van der Waals surface area contributed by atoms with Gasteiger partial charge in [0.05, 0.1) is 0 Å². The zero-order valence-corrected chi connectivity index (χ0v) is 11.2. The van der Waals surface area contributed by atoms with Crippen LogP contribution in [0.1, 0.15) is 23.4 Å². The highest BCUT2D eigenvalue weighted by Gasteiger charge is 2.13. The maximum Gasteiger partial charge on any atom is 0.307 e. The van der Waals surface area contributed by atoms with Crippen molar-refractivity contribution in [1.82, 2.24) is 10.3 Å². The van der Waals surface area contributed by atoms with E-state index >= 15 is 0 Å². The van der Waals surface area contributed by atoms with Crippen LogP contribution in [-0.2, 0) is 0 Å². The van der Waals surface area contributed by atoms with Gasteiger partial charge in [0.15, 0.2) is 10.4 Å². The average Bonchev–Trinajstić information content (AvgIpc) is 2.75. The maximum absolute atomic E-state index is 11.6. The molecule has 1 fully saturated rings. The molecule has 0 aliphatic carbocycles. The normalized spacial score (nSPS) is 16.9. The third-order valence-corrected chi connectivity index (χ3v) is 3.10. The van der Waals surface area contributed by atoms with E-state index in [2.05, 4.69) is 38.4 Å². The molecule has 1 aliphatic rings. The topological polar surface area (TPSA) is 57.8 Å². The Balaban J connectivity index is 1.89. The second-order valence-corrected chi connectivity index (χ2v) is 4.81. The van der Waals surface area contributed by atoms with Gasteiger partial charge in [0.2, 0.25) is 0 Å². The van der Waals surface area contributed by atoms with E-state index in [1.165, 1.54) is 0 Å². The van der Waals surface area contributed by atoms with Gasteiger partial charge in [-0.15, -0.1) is 0 Å². The van der Waals surface area contributed by atoms with Crippen molar-refractivity contribution < 1.29 is 9.21 Å². The van der Waals surface area contributed by atoms with Crippen molar-refractivity contribution in [3.8, 4) is 0 Å². The first kappa shape index (κ1) is 12.3. The van der Waals surface area contributed by atoms with Crippen LogP contribution in [0.15, 0.2) is 26.3 Å². The van der Waals surface area contributed by atoms with Crippen LogP contribution in [-0.4, -0.2) is 36.7 Å². The molecule has 1 amide bonds. The van der Waals surface area contributed by atoms with Gasteiger partial charge in [-0.1, -0.05) is 0 Å². The van der Waals surface area contributed by atoms with Crippen LogP contribution in [0.3, 0.4) is 0 Å². The number of hydrogen-bond donors (Lipinski definition) is 1. The number of likely N-dealkylation sites (tertiary alicyclic amines) is 1. The van der Waals surface area contributed by atoms with Crippen molar-refractivity contribution in [2.75, 3.05) is 20.1 Å². The highest BCUT2D eigenvalue weighted by molar-refractivity contribution is 9.10. The van der Waals surface area contributed by atoms with Gasteiger partial charge in [-0.2, -0.15) is 5.10 Å². The van der Waals surface area contributed by atoms with Crippen LogP contribution in [0.4, 0.5) is 0 Å². The lowest BCUT2D eigenvalue weighted by Crippen LogP contribution is -2.31. The Morgan fingerprint density at radius 3 is 2.76 bits per heavy atom. The molecule has 1 N–H and O–H groups in total. The molecule has 0 spiro atoms. The number of piperidine rings is 1. The summed E-state index contributed by atoms with van der Waals surface area (Å²) in [7, 11) is 2.08. The molecule has 1 saturated heterocycles. The van der Waals surface area contributed by atoms with Gasteiger partial charge < -0.3 is 9.32 Å². The molecule has 1 aliphatic heterocycles. The van der Waals surface area contributed by atoms with Gasteiger partial charge in [-0.05, 0) is 35.1 Å². The second kappa shape index (κ2) is 5.46. The first-order valence-electron chi connectivity index (χ1n) is 5.45. The first-order valence-corrected chi connectivity index (χ1v) is 6.24. The van der Waals surface area contributed by atoms with Gasteiger partial charge in [-0.3, -0.25) is 4.79 Å². The van der Waals surface area contributed by atoms with Gasteiger partial charge in [-0.25, -0.2) is 5.43 Å². The molecule has 17 heavy (non-hydrogen) atoms. The summed E-state index contributed by atoms with van der Waals surface area (Å²) in [6.07, 6.45) is 1.80. The van der Waals surface area contributed by atoms with Gasteiger partial charge in [0, 0.05) is 31.6 Å². The standard InChI is InChI=1S/C11H14BrN3O2/c1-15-6-4-8(5-7-15)13-14-11(16)9-2-3-10(12)17-9/h2-3H,4-7H2,1H3,(H,14,16). The lowest BCUT2D eigenvalue weighted by atomic mass is 10.1. The van der Waals surface area contributed by atoms with Crippen molar-refractivity contribution in [1.29, 1.82) is 0 Å². The monoisotopic (exact) mass is 299 g/mol. The number of hydrazone groups is 1. The Morgan fingerprint density at radius 2 is 2.18 bits per heavy atom. The maximum atomic E-state index is 11.6. The number of halogens is 1. The van der Waals surface area contributed by atoms with Crippen molar-refractivity contribution >= 4 is 27.5 Å². The highest BCUT2D eigenvalue weighted by atomic mass is 79.9. The van der Waals surface area contributed by atoms with E-state index in [9.17, 15) is 4.79 Å². The fraction of sp³-hybridized carbons (Fsp3) is 0.455. The van der Waals surface area contributed by atoms with Gasteiger partial charge in [0.25, 0.3) is 0 Å². The number of furan rings is 1. The van der Waals surface area contributed by atoms with Crippen molar-refractivity contribution in [3.63, 3.8) is 0 Å². The molecule has 1 aromatic heterocycles. The van der Waals surface area contributed by atoms with E-state index in [0.29, 0.717) is 4.67 Å². The number of nitrogens with one attached hydrogen (secondary N) is 1. The Labute approximate surface area is 108 Å². The Bertz CT molecular complexity index is 432. The number of hydrogen-bond acceptors (Lipinski definition) is 4. The summed E-state index contributed by atoms with van der Waals surface area (Å²) >= 11 is 3.15. The molecule has 2 rings (SSSR count). The number of amides is 1. The van der Waals surface area contributed by atoms with E-state index in [4.69, 9.17) is 4.42 Å². The van der Waals surface area contributed by atoms with E-state index in [-0.39, 0.29) is 11.7 Å². The summed E-state index contributed by atoms with van der Waals surface area (Å²) in [6, 6.07) is 3.28. The van der Waals surface area contributed by atoms with Crippen LogP contribution in [0.25, 0.3) is 0 Å². The third-order valence-electron chi connectivity index (χ3n) is 2.68. The molecule has 6 heteroatoms. The number of nitrogens with zero attached hydrogens (tertiary/aromatic N) is 2. The van der Waals surface area contributed by atoms with Crippen molar-refractivity contribution in [2.45, 2.75) is 12.8 Å². The average molecular weight is 300 g/mol. The SMILES string of the molecule is CN1CCC(=NNC(=O)c2ccc(Br)o2)CC1. The van der Waals surface area contributed by atoms with Gasteiger partial charge >= 0.3 is 5.91 Å². The van der Waals surface area contributed by atoms with E-state index in [1.807, 2.05) is 0 Å². The summed E-state index contributed by atoms with van der Waals surface area (Å²) < 4.78 is 5.67. The summed E-state index contributed by atoms with van der Waals surface area (Å²) in [5.41, 5.74) is 3.54. The minimum Gasteiger partial charge on any atom is -0.444 e. The van der Waals surface area contributed by atoms with E-state index in [1.54, 1.807) is 12.1 Å². The summed E-state index contributed by atoms with van der Waals surface area (Å²) in [5, 5.41) is 4.12. The highest BCUT2D eigenvalue weighted by Crippen LogP contribution is 2.13. The predicted octanol–water partition coefficient (Wildman–Crippen LogP) is 1.85. The molecule has 0 saturated carbocycles. The lowest BCUT2D eigenvalue weighted by molar-refractivity contribution is 0.0925. The predicted molar refractivity (Wildman–Crippen MR) is 68.0 cm³/mol. The number of carbonyl (C=O) groups excluding carboxylic acids is 1. The zero-order chi connectivity index (χ0) is 12.3. The lowest BCUT2D eigenvalue weighted by Gasteiger charge is -2.22. The molecule has 0 atom stereocenters. The Hall–Kier alpha value is -1.14. The molecule has 0 unspecified atom stereocenters. The summed E-state index contributed by atoms with van der Waals surface area (Å²) in [6.45, 7) is 1.97. The largest absolute Gasteiger partial charge is 0.444 e. The van der Waals surface area contributed by atoms with Crippen molar-refractivity contribution in [3.05, 3.63) is 22.6 Å². The van der Waals surface area contributed by atoms with Crippen molar-refractivity contribution in [2.24, 2.45) is 5.10 Å². The van der Waals surface area contributed by atoms with Crippen LogP contribution >= 0.6 is 15.9 Å². The number of carbonyl (C=O) groups is 1. The van der Waals surface area contributed by atoms with Crippen LogP contribution in [0.5, 0.6) is 0 Å². The molecule has 1 aromatic rings. The Kier molecular flexibility index (Phi) is 3.96. The molecule has 5 nitrogen and oxygen atoms in total. The molecule has 0 bridgehead atoms. The molecule has 0 aromatic carbocycles. The second-order valence-electron chi connectivity index (χ2n) is 4.03. The smallest absolute Gasteiger partial charge is 0.307 e. The Morgan fingerprint density at radius 1 is 1.47 bits per heavy atom. The van der Waals surface area contributed by atoms with Crippen LogP contribution in [0.2, 0.25) is 0 Å². The van der Waals surface area contributed by atoms with Crippen LogP contribution in [0, 0.1) is 0 Å². The number of rotatable bonds is 2. The minimum absolute atomic E-state index is 0.258. The first-order chi connectivity index (χ1) is 8.15. The summed E-state index contributed by atoms with van der Waals surface area (Å²) in [4.78, 5) is 13.9. The van der Waals surface area contributed by atoms with E-state index < -0.39 is 0 Å². The quantitative estimate of drug-likeness (QED) is 0.848. The molecular weight excluding hydrogens is 286 g/mol. The van der Waals surface area contributed by atoms with Crippen LogP contribution < -0.4 is 5.43 Å². The van der Waals surface area contributed by atoms with E-state index in [0.717, 1.165) is 31.6 Å². The zero-order valence-electron chi connectivity index (χ0n) is 9.57. The minimum atomic E-state index is -0.317. The molecule has 92 valence electrons. The molecule has 2 heterocycles. The molecular formula is C11H14BrN3O2. The fourth-order valence-electron chi connectivity index (χ4n) is 1.61. The third kappa shape index (κ3) is 3.41. The fourth-order valence-corrected chi connectivity index (χ4v) is 1.92.